The molecule has 3 aromatic rings. The molecule has 0 spiro atoms. The summed E-state index contributed by atoms with van der Waals surface area (Å²) in [4.78, 5) is 12.4. The molecule has 0 bridgehead atoms. The number of thiol groups is 1. The van der Waals surface area contributed by atoms with Crippen molar-refractivity contribution in [2.24, 2.45) is 0 Å². The summed E-state index contributed by atoms with van der Waals surface area (Å²) in [5.41, 5.74) is 8.87. The van der Waals surface area contributed by atoms with Crippen molar-refractivity contribution in [2.75, 3.05) is 11.1 Å². The number of aromatic amines is 1. The van der Waals surface area contributed by atoms with E-state index < -0.39 is 0 Å². The molecule has 7 heteroatoms. The van der Waals surface area contributed by atoms with Crippen LogP contribution in [-0.4, -0.2) is 16.1 Å². The Morgan fingerprint density at radius 2 is 2.14 bits per heavy atom. The zero-order valence-electron chi connectivity index (χ0n) is 11.4. The summed E-state index contributed by atoms with van der Waals surface area (Å²) in [7, 11) is 0. The number of benzene rings is 2. The highest BCUT2D eigenvalue weighted by Crippen LogP contribution is 2.24. The zero-order valence-corrected chi connectivity index (χ0v) is 13.1. The van der Waals surface area contributed by atoms with Crippen molar-refractivity contribution in [3.8, 4) is 0 Å². The summed E-state index contributed by atoms with van der Waals surface area (Å²) >= 11 is 10.3. The molecule has 0 atom stereocenters. The maximum Gasteiger partial charge on any atom is 0.276 e. The van der Waals surface area contributed by atoms with Gasteiger partial charge in [0.2, 0.25) is 0 Å². The van der Waals surface area contributed by atoms with Gasteiger partial charge in [0, 0.05) is 27.5 Å². The number of hydrogen-bond acceptors (Lipinski definition) is 4. The van der Waals surface area contributed by atoms with Crippen LogP contribution in [0.3, 0.4) is 0 Å². The van der Waals surface area contributed by atoms with Crippen LogP contribution in [0.1, 0.15) is 16.1 Å². The minimum atomic E-state index is -0.327. The third-order valence-corrected chi connectivity index (χ3v) is 3.98. The first-order valence-corrected chi connectivity index (χ1v) is 7.54. The Bertz CT molecular complexity index is 862. The second kappa shape index (κ2) is 5.90. The van der Waals surface area contributed by atoms with Crippen LogP contribution in [0.4, 0.5) is 11.4 Å². The number of nitrogens with zero attached hydrogens (tertiary/aromatic N) is 1. The number of halogens is 1. The first-order chi connectivity index (χ1) is 10.6. The molecule has 1 amide bonds. The predicted molar refractivity (Wildman–Crippen MR) is 92.6 cm³/mol. The van der Waals surface area contributed by atoms with Crippen LogP contribution in [0.25, 0.3) is 10.9 Å². The number of carbonyl (C=O) groups is 1. The molecule has 0 saturated heterocycles. The minimum absolute atomic E-state index is 0.289. The molecule has 0 aliphatic carbocycles. The van der Waals surface area contributed by atoms with E-state index in [1.165, 1.54) is 0 Å². The van der Waals surface area contributed by atoms with Gasteiger partial charge in [0.15, 0.2) is 5.69 Å². The van der Waals surface area contributed by atoms with Gasteiger partial charge < -0.3 is 11.1 Å². The third-order valence-electron chi connectivity index (χ3n) is 3.28. The number of aromatic nitrogens is 2. The summed E-state index contributed by atoms with van der Waals surface area (Å²) in [6, 6.07) is 10.5. The van der Waals surface area contributed by atoms with E-state index in [1.54, 1.807) is 30.3 Å². The monoisotopic (exact) mass is 332 g/mol. The number of H-pyrrole nitrogens is 1. The molecule has 0 fully saturated rings. The number of nitrogen functional groups attached to an aromatic ring is 1. The lowest BCUT2D eigenvalue weighted by molar-refractivity contribution is 0.102. The molecule has 112 valence electrons. The molecule has 22 heavy (non-hydrogen) atoms. The minimum Gasteiger partial charge on any atom is -0.399 e. The van der Waals surface area contributed by atoms with Crippen molar-refractivity contribution in [3.05, 3.63) is 52.7 Å². The Hall–Kier alpha value is -2.18. The van der Waals surface area contributed by atoms with E-state index in [2.05, 4.69) is 28.1 Å². The van der Waals surface area contributed by atoms with Gasteiger partial charge in [0.1, 0.15) is 0 Å². The van der Waals surface area contributed by atoms with Gasteiger partial charge in [0.05, 0.1) is 5.52 Å². The fourth-order valence-corrected chi connectivity index (χ4v) is 2.76. The summed E-state index contributed by atoms with van der Waals surface area (Å²) in [5.74, 6) is 0.211. The summed E-state index contributed by atoms with van der Waals surface area (Å²) in [6.45, 7) is 0. The predicted octanol–water partition coefficient (Wildman–Crippen LogP) is 3.48. The van der Waals surface area contributed by atoms with Crippen LogP contribution in [0.5, 0.6) is 0 Å². The van der Waals surface area contributed by atoms with Gasteiger partial charge in [-0.25, -0.2) is 0 Å². The van der Waals surface area contributed by atoms with Gasteiger partial charge in [-0.1, -0.05) is 17.7 Å². The Kier molecular flexibility index (Phi) is 3.96. The summed E-state index contributed by atoms with van der Waals surface area (Å²) in [6.07, 6.45) is 0. The van der Waals surface area contributed by atoms with Gasteiger partial charge in [-0.05, 0) is 35.9 Å². The van der Waals surface area contributed by atoms with Crippen molar-refractivity contribution in [3.63, 3.8) is 0 Å². The van der Waals surface area contributed by atoms with Crippen molar-refractivity contribution >= 4 is 52.4 Å². The number of anilines is 2. The molecular formula is C15H13ClN4OS. The van der Waals surface area contributed by atoms with Crippen LogP contribution < -0.4 is 11.1 Å². The lowest BCUT2D eigenvalue weighted by Crippen LogP contribution is -2.13. The van der Waals surface area contributed by atoms with E-state index >= 15 is 0 Å². The molecule has 5 nitrogen and oxygen atoms in total. The second-order valence-corrected chi connectivity index (χ2v) is 5.52. The Balaban J connectivity index is 1.90. The van der Waals surface area contributed by atoms with Crippen molar-refractivity contribution in [1.82, 2.24) is 10.2 Å². The number of fused-ring (bicyclic) bond motifs is 1. The van der Waals surface area contributed by atoms with E-state index in [9.17, 15) is 4.79 Å². The molecule has 1 heterocycles. The lowest BCUT2D eigenvalue weighted by atomic mass is 10.1. The number of rotatable bonds is 3. The third kappa shape index (κ3) is 2.75. The van der Waals surface area contributed by atoms with Crippen LogP contribution in [0.2, 0.25) is 5.02 Å². The van der Waals surface area contributed by atoms with E-state index in [4.69, 9.17) is 17.3 Å². The highest BCUT2D eigenvalue weighted by atomic mass is 35.5. The average molecular weight is 333 g/mol. The SMILES string of the molecule is Nc1ccc2[nH]nc(C(=O)Nc3ccc(CS)c(Cl)c3)c2c1. The molecule has 4 N–H and O–H groups in total. The Morgan fingerprint density at radius 1 is 1.32 bits per heavy atom. The number of nitrogens with one attached hydrogen (secondary N) is 2. The van der Waals surface area contributed by atoms with E-state index in [1.807, 2.05) is 6.07 Å². The molecule has 0 aliphatic rings. The number of hydrogen-bond donors (Lipinski definition) is 4. The normalized spacial score (nSPS) is 10.8. The molecule has 0 aliphatic heterocycles. The van der Waals surface area contributed by atoms with Crippen LogP contribution in [0, 0.1) is 0 Å². The first-order valence-electron chi connectivity index (χ1n) is 6.52. The number of nitrogens with two attached hydrogens (primary N) is 1. The maximum atomic E-state index is 12.4. The quantitative estimate of drug-likeness (QED) is 0.437. The molecule has 0 saturated carbocycles. The van der Waals surface area contributed by atoms with Crippen molar-refractivity contribution in [2.45, 2.75) is 5.75 Å². The van der Waals surface area contributed by atoms with E-state index in [-0.39, 0.29) is 11.6 Å². The topological polar surface area (TPSA) is 83.8 Å². The van der Waals surface area contributed by atoms with Crippen molar-refractivity contribution in [1.29, 1.82) is 0 Å². The molecule has 1 aromatic heterocycles. The van der Waals surface area contributed by atoms with Gasteiger partial charge in [-0.3, -0.25) is 9.89 Å². The van der Waals surface area contributed by atoms with Gasteiger partial charge in [0.25, 0.3) is 5.91 Å². The highest BCUT2D eigenvalue weighted by molar-refractivity contribution is 7.79. The molecule has 3 rings (SSSR count). The van der Waals surface area contributed by atoms with Crippen LogP contribution >= 0.6 is 24.2 Å². The van der Waals surface area contributed by atoms with Gasteiger partial charge in [-0.15, -0.1) is 0 Å². The highest BCUT2D eigenvalue weighted by Gasteiger charge is 2.15. The summed E-state index contributed by atoms with van der Waals surface area (Å²) in [5, 5.41) is 10.9. The molecular weight excluding hydrogens is 320 g/mol. The van der Waals surface area contributed by atoms with Gasteiger partial charge in [-0.2, -0.15) is 17.7 Å². The lowest BCUT2D eigenvalue weighted by Gasteiger charge is -2.06. The first kappa shape index (κ1) is 14.7. The maximum absolute atomic E-state index is 12.4. The number of amides is 1. The van der Waals surface area contributed by atoms with Crippen LogP contribution in [0.15, 0.2) is 36.4 Å². The van der Waals surface area contributed by atoms with Crippen molar-refractivity contribution < 1.29 is 4.79 Å². The van der Waals surface area contributed by atoms with Crippen LogP contribution in [-0.2, 0) is 5.75 Å². The smallest absolute Gasteiger partial charge is 0.276 e. The largest absolute Gasteiger partial charge is 0.399 e. The molecule has 0 radical (unpaired) electrons. The Labute approximate surface area is 137 Å². The fraction of sp³-hybridized carbons (Fsp3) is 0.0667. The standard InChI is InChI=1S/C15H13ClN4OS/c16-12-6-10(3-1-8(12)7-22)18-15(21)14-11-5-9(17)2-4-13(11)19-20-14/h1-6,22H,7,17H2,(H,18,21)(H,19,20). The second-order valence-electron chi connectivity index (χ2n) is 4.80. The average Bonchev–Trinajstić information content (AvgIpc) is 2.90. The van der Waals surface area contributed by atoms with E-state index in [0.717, 1.165) is 11.1 Å². The zero-order chi connectivity index (χ0) is 15.7. The Morgan fingerprint density at radius 3 is 2.86 bits per heavy atom. The fourth-order valence-electron chi connectivity index (χ4n) is 2.15. The number of carbonyl (C=O) groups excluding carboxylic acids is 1. The summed E-state index contributed by atoms with van der Waals surface area (Å²) < 4.78 is 0. The molecule has 0 unspecified atom stereocenters. The molecule has 2 aromatic carbocycles. The van der Waals surface area contributed by atoms with Gasteiger partial charge >= 0.3 is 0 Å². The van der Waals surface area contributed by atoms with E-state index in [0.29, 0.717) is 27.5 Å².